The summed E-state index contributed by atoms with van der Waals surface area (Å²) < 4.78 is 0. The van der Waals surface area contributed by atoms with Crippen LogP contribution >= 0.6 is 24.0 Å². The summed E-state index contributed by atoms with van der Waals surface area (Å²) in [6.07, 6.45) is 4.19. The molecule has 1 atom stereocenters. The summed E-state index contributed by atoms with van der Waals surface area (Å²) in [6, 6.07) is 4.46. The highest BCUT2D eigenvalue weighted by Crippen LogP contribution is 2.13. The fraction of sp³-hybridized carbons (Fsp3) is 0.647. The zero-order chi connectivity index (χ0) is 16.5. The highest BCUT2D eigenvalue weighted by atomic mass is 127. The van der Waals surface area contributed by atoms with Crippen LogP contribution in [0, 0.1) is 5.92 Å². The van der Waals surface area contributed by atoms with Crippen LogP contribution in [0.3, 0.4) is 0 Å². The number of pyridine rings is 1. The van der Waals surface area contributed by atoms with Crippen LogP contribution in [0.5, 0.6) is 0 Å². The average Bonchev–Trinajstić information content (AvgIpc) is 2.49. The largest absolute Gasteiger partial charge is 0.362 e. The molecule has 0 saturated carbocycles. The van der Waals surface area contributed by atoms with Gasteiger partial charge in [-0.3, -0.25) is 4.99 Å². The van der Waals surface area contributed by atoms with Gasteiger partial charge < -0.3 is 15.5 Å². The minimum absolute atomic E-state index is 0. The van der Waals surface area contributed by atoms with Crippen LogP contribution in [0.15, 0.2) is 23.3 Å². The molecule has 1 heterocycles. The first-order chi connectivity index (χ1) is 10.4. The number of anilines is 1. The van der Waals surface area contributed by atoms with Crippen LogP contribution in [-0.2, 0) is 6.54 Å². The lowest BCUT2D eigenvalue weighted by molar-refractivity contribution is 0.489. The first kappa shape index (κ1) is 21.9. The molecule has 0 fully saturated rings. The first-order valence-corrected chi connectivity index (χ1v) is 8.02. The van der Waals surface area contributed by atoms with Gasteiger partial charge in [0, 0.05) is 45.5 Å². The summed E-state index contributed by atoms with van der Waals surface area (Å²) in [5, 5.41) is 6.82. The number of aromatic nitrogens is 1. The van der Waals surface area contributed by atoms with Crippen molar-refractivity contribution in [1.82, 2.24) is 15.6 Å². The van der Waals surface area contributed by atoms with Gasteiger partial charge >= 0.3 is 0 Å². The van der Waals surface area contributed by atoms with Crippen molar-refractivity contribution in [2.45, 2.75) is 46.2 Å². The van der Waals surface area contributed by atoms with Gasteiger partial charge in [-0.05, 0) is 31.7 Å². The predicted octanol–water partition coefficient (Wildman–Crippen LogP) is 3.26. The highest BCUT2D eigenvalue weighted by molar-refractivity contribution is 14.0. The van der Waals surface area contributed by atoms with Crippen LogP contribution in [0.4, 0.5) is 5.82 Å². The highest BCUT2D eigenvalue weighted by Gasteiger charge is 2.09. The normalized spacial score (nSPS) is 12.6. The summed E-state index contributed by atoms with van der Waals surface area (Å²) >= 11 is 0. The van der Waals surface area contributed by atoms with E-state index in [0.717, 1.165) is 29.7 Å². The number of rotatable bonds is 7. The van der Waals surface area contributed by atoms with E-state index < -0.39 is 0 Å². The van der Waals surface area contributed by atoms with Gasteiger partial charge in [0.05, 0.1) is 0 Å². The number of hydrogen-bond donors (Lipinski definition) is 2. The Labute approximate surface area is 158 Å². The Hall–Kier alpha value is -1.05. The molecule has 0 aliphatic heterocycles. The van der Waals surface area contributed by atoms with Crippen molar-refractivity contribution in [3.05, 3.63) is 23.9 Å². The molecule has 1 aromatic heterocycles. The van der Waals surface area contributed by atoms with E-state index >= 15 is 0 Å². The number of halogens is 1. The van der Waals surface area contributed by atoms with Crippen molar-refractivity contribution in [3.8, 4) is 0 Å². The molecule has 0 aliphatic carbocycles. The third-order valence-corrected chi connectivity index (χ3v) is 3.52. The second-order valence-corrected chi connectivity index (χ2v) is 6.32. The maximum absolute atomic E-state index is 4.42. The summed E-state index contributed by atoms with van der Waals surface area (Å²) in [7, 11) is 5.82. The molecule has 1 rings (SSSR count). The van der Waals surface area contributed by atoms with Crippen LogP contribution in [0.1, 0.15) is 39.2 Å². The Kier molecular flexibility index (Phi) is 11.0. The number of aliphatic imine (C=N–C) groups is 1. The fourth-order valence-electron chi connectivity index (χ4n) is 2.23. The minimum Gasteiger partial charge on any atom is -0.362 e. The van der Waals surface area contributed by atoms with E-state index in [9.17, 15) is 0 Å². The molecule has 132 valence electrons. The van der Waals surface area contributed by atoms with Crippen molar-refractivity contribution in [2.24, 2.45) is 10.9 Å². The van der Waals surface area contributed by atoms with Gasteiger partial charge in [-0.15, -0.1) is 24.0 Å². The number of nitrogens with zero attached hydrogens (tertiary/aromatic N) is 3. The van der Waals surface area contributed by atoms with Gasteiger partial charge in [0.1, 0.15) is 5.82 Å². The number of guanidine groups is 1. The molecule has 0 spiro atoms. The molecule has 0 amide bonds. The van der Waals surface area contributed by atoms with Crippen LogP contribution in [0.25, 0.3) is 0 Å². The van der Waals surface area contributed by atoms with Crippen LogP contribution < -0.4 is 15.5 Å². The molecule has 2 N–H and O–H groups in total. The molecule has 6 heteroatoms. The van der Waals surface area contributed by atoms with Crippen LogP contribution in [0.2, 0.25) is 0 Å². The minimum atomic E-state index is 0. The number of hydrogen-bond acceptors (Lipinski definition) is 3. The Morgan fingerprint density at radius 1 is 1.26 bits per heavy atom. The summed E-state index contributed by atoms with van der Waals surface area (Å²) in [5.74, 6) is 2.56. The Morgan fingerprint density at radius 2 is 1.96 bits per heavy atom. The monoisotopic (exact) mass is 433 g/mol. The predicted molar refractivity (Wildman–Crippen MR) is 111 cm³/mol. The third kappa shape index (κ3) is 8.39. The fourth-order valence-corrected chi connectivity index (χ4v) is 2.23. The van der Waals surface area contributed by atoms with Gasteiger partial charge in [0.25, 0.3) is 0 Å². The van der Waals surface area contributed by atoms with E-state index in [1.807, 2.05) is 31.3 Å². The van der Waals surface area contributed by atoms with Gasteiger partial charge in [-0.2, -0.15) is 0 Å². The smallest absolute Gasteiger partial charge is 0.191 e. The first-order valence-electron chi connectivity index (χ1n) is 8.02. The maximum atomic E-state index is 4.42. The molecule has 0 saturated heterocycles. The van der Waals surface area contributed by atoms with Gasteiger partial charge in [0.2, 0.25) is 0 Å². The van der Waals surface area contributed by atoms with Crippen molar-refractivity contribution in [1.29, 1.82) is 0 Å². The van der Waals surface area contributed by atoms with E-state index in [1.54, 1.807) is 7.05 Å². The number of nitrogens with one attached hydrogen (secondary N) is 2. The maximum Gasteiger partial charge on any atom is 0.191 e. The zero-order valence-corrected chi connectivity index (χ0v) is 17.6. The quantitative estimate of drug-likeness (QED) is 0.394. The van der Waals surface area contributed by atoms with E-state index in [0.29, 0.717) is 12.6 Å². The van der Waals surface area contributed by atoms with E-state index in [1.165, 1.54) is 6.42 Å². The lowest BCUT2D eigenvalue weighted by atomic mass is 10.0. The lowest BCUT2D eigenvalue weighted by Crippen LogP contribution is -2.42. The van der Waals surface area contributed by atoms with E-state index in [4.69, 9.17) is 0 Å². The summed E-state index contributed by atoms with van der Waals surface area (Å²) in [6.45, 7) is 7.42. The molecule has 5 nitrogen and oxygen atoms in total. The molecule has 23 heavy (non-hydrogen) atoms. The van der Waals surface area contributed by atoms with Crippen molar-refractivity contribution < 1.29 is 0 Å². The summed E-state index contributed by atoms with van der Waals surface area (Å²) in [5.41, 5.74) is 1.16. The zero-order valence-electron chi connectivity index (χ0n) is 15.3. The molecule has 1 unspecified atom stereocenters. The molecule has 0 radical (unpaired) electrons. The summed E-state index contributed by atoms with van der Waals surface area (Å²) in [4.78, 5) is 10.7. The van der Waals surface area contributed by atoms with Gasteiger partial charge in [-0.1, -0.05) is 19.9 Å². The molecule has 0 bridgehead atoms. The Bertz CT molecular complexity index is 474. The SMILES string of the molecule is CN=C(NCc1cccnc1N(C)C)NC(C)CCC(C)C.I. The van der Waals surface area contributed by atoms with Crippen molar-refractivity contribution >= 4 is 35.8 Å². The molecule has 1 aromatic rings. The topological polar surface area (TPSA) is 52.6 Å². The standard InChI is InChI=1S/C17H31N5.HI/c1-13(2)9-10-14(3)21-17(18-4)20-12-15-8-7-11-19-16(15)22(5)6;/h7-8,11,13-14H,9-10,12H2,1-6H3,(H2,18,20,21);1H. The van der Waals surface area contributed by atoms with E-state index in [2.05, 4.69) is 47.4 Å². The Balaban J connectivity index is 0.00000484. The molecule has 0 aliphatic rings. The van der Waals surface area contributed by atoms with E-state index in [-0.39, 0.29) is 24.0 Å². The van der Waals surface area contributed by atoms with Crippen molar-refractivity contribution in [2.75, 3.05) is 26.0 Å². The second-order valence-electron chi connectivity index (χ2n) is 6.32. The van der Waals surface area contributed by atoms with Gasteiger partial charge in [-0.25, -0.2) is 4.98 Å². The average molecular weight is 433 g/mol. The second kappa shape index (κ2) is 11.5. The Morgan fingerprint density at radius 3 is 2.52 bits per heavy atom. The molecular weight excluding hydrogens is 401 g/mol. The van der Waals surface area contributed by atoms with Crippen molar-refractivity contribution in [3.63, 3.8) is 0 Å². The third-order valence-electron chi connectivity index (χ3n) is 3.52. The van der Waals surface area contributed by atoms with Crippen LogP contribution in [-0.4, -0.2) is 38.1 Å². The van der Waals surface area contributed by atoms with Gasteiger partial charge in [0.15, 0.2) is 5.96 Å². The molecular formula is C17H32IN5. The lowest BCUT2D eigenvalue weighted by Gasteiger charge is -2.20. The molecule has 0 aromatic carbocycles.